The second kappa shape index (κ2) is 10.9. The summed E-state index contributed by atoms with van der Waals surface area (Å²) in [4.78, 5) is 40.1. The molecule has 0 unspecified atom stereocenters. The summed E-state index contributed by atoms with van der Waals surface area (Å²) in [5.41, 5.74) is 0.618. The maximum atomic E-state index is 13.8. The summed E-state index contributed by atoms with van der Waals surface area (Å²) in [6, 6.07) is 10.8. The van der Waals surface area contributed by atoms with Gasteiger partial charge in [-0.25, -0.2) is 19.7 Å². The first-order chi connectivity index (χ1) is 18.5. The summed E-state index contributed by atoms with van der Waals surface area (Å²) in [6.45, 7) is 4.02. The molecule has 0 aliphatic heterocycles. The van der Waals surface area contributed by atoms with Gasteiger partial charge in [-0.15, -0.1) is 0 Å². The number of pyridine rings is 1. The summed E-state index contributed by atoms with van der Waals surface area (Å²) in [7, 11) is 1.59. The average Bonchev–Trinajstić information content (AvgIpc) is 3.65. The Hall–Kier alpha value is -4.51. The zero-order valence-electron chi connectivity index (χ0n) is 21.2. The van der Waals surface area contributed by atoms with Crippen molar-refractivity contribution < 1.29 is 18.3 Å². The van der Waals surface area contributed by atoms with Crippen molar-refractivity contribution in [3.8, 4) is 17.3 Å². The fraction of sp³-hybridized carbons (Fsp3) is 0.296. The van der Waals surface area contributed by atoms with Crippen LogP contribution >= 0.6 is 0 Å². The zero-order chi connectivity index (χ0) is 26.6. The minimum atomic E-state index is -0.545. The van der Waals surface area contributed by atoms with Gasteiger partial charge >= 0.3 is 5.69 Å². The van der Waals surface area contributed by atoms with Crippen molar-refractivity contribution in [2.45, 2.75) is 45.6 Å². The first-order valence-corrected chi connectivity index (χ1v) is 12.2. The third-order valence-corrected chi connectivity index (χ3v) is 6.03. The molecule has 0 N–H and O–H groups in total. The lowest BCUT2D eigenvalue weighted by molar-refractivity contribution is -0.00463. The van der Waals surface area contributed by atoms with E-state index in [0.717, 1.165) is 10.1 Å². The lowest BCUT2D eigenvalue weighted by Gasteiger charge is -2.24. The highest BCUT2D eigenvalue weighted by molar-refractivity contribution is 5.76. The van der Waals surface area contributed by atoms with Crippen molar-refractivity contribution in [3.05, 3.63) is 93.6 Å². The van der Waals surface area contributed by atoms with Gasteiger partial charge in [0.05, 0.1) is 37.7 Å². The van der Waals surface area contributed by atoms with Crippen LogP contribution in [0.15, 0.2) is 79.7 Å². The highest BCUT2D eigenvalue weighted by Crippen LogP contribution is 2.30. The van der Waals surface area contributed by atoms with E-state index in [9.17, 15) is 9.59 Å². The molecule has 5 rings (SSSR count). The number of para-hydroxylation sites is 1. The summed E-state index contributed by atoms with van der Waals surface area (Å²) < 4.78 is 25.2. The SMILES string of the molecule is COc1ccccc1[C@H](Cn1c(=O)n(CCc2ncco2)c(=O)c2nc(-c3ncco3)ccc21)OC(C)C. The Morgan fingerprint density at radius 1 is 0.974 bits per heavy atom. The molecule has 0 spiro atoms. The second-order valence-electron chi connectivity index (χ2n) is 8.84. The van der Waals surface area contributed by atoms with Crippen LogP contribution in [0.2, 0.25) is 0 Å². The molecule has 0 radical (unpaired) electrons. The first-order valence-electron chi connectivity index (χ1n) is 12.2. The molecule has 0 aliphatic rings. The van der Waals surface area contributed by atoms with E-state index in [4.69, 9.17) is 18.3 Å². The van der Waals surface area contributed by atoms with Crippen molar-refractivity contribution >= 4 is 11.0 Å². The van der Waals surface area contributed by atoms with Crippen molar-refractivity contribution in [2.75, 3.05) is 7.11 Å². The van der Waals surface area contributed by atoms with Crippen LogP contribution in [0.5, 0.6) is 5.75 Å². The standard InChI is InChI=1S/C27H27N5O6/c1-17(2)38-22(18-6-4-5-7-21(18)35-3)16-32-20-9-8-19(25-29-12-15-37-25)30-24(20)26(33)31(27(32)34)13-10-23-28-11-14-36-23/h4-9,11-12,14-15,17,22H,10,13,16H2,1-3H3/t22-/m0/s1. The molecule has 5 aromatic rings. The fourth-order valence-electron chi connectivity index (χ4n) is 4.36. The molecule has 0 saturated carbocycles. The van der Waals surface area contributed by atoms with Crippen molar-refractivity contribution in [2.24, 2.45) is 0 Å². The molecule has 11 heteroatoms. The topological polar surface area (TPSA) is 127 Å². The minimum absolute atomic E-state index is 0.0589. The van der Waals surface area contributed by atoms with E-state index in [1.165, 1.54) is 29.5 Å². The van der Waals surface area contributed by atoms with Crippen LogP contribution < -0.4 is 16.0 Å². The van der Waals surface area contributed by atoms with Gasteiger partial charge in [-0.05, 0) is 32.0 Å². The van der Waals surface area contributed by atoms with Gasteiger partial charge in [0.2, 0.25) is 5.89 Å². The van der Waals surface area contributed by atoms with Crippen LogP contribution in [0.3, 0.4) is 0 Å². The molecular weight excluding hydrogens is 490 g/mol. The van der Waals surface area contributed by atoms with Gasteiger partial charge in [0.25, 0.3) is 5.56 Å². The number of ether oxygens (including phenoxy) is 2. The van der Waals surface area contributed by atoms with Crippen molar-refractivity contribution in [1.29, 1.82) is 0 Å². The average molecular weight is 518 g/mol. The third kappa shape index (κ3) is 5.00. The molecule has 0 aliphatic carbocycles. The molecule has 0 bridgehead atoms. The van der Waals surface area contributed by atoms with E-state index in [0.29, 0.717) is 22.9 Å². The largest absolute Gasteiger partial charge is 0.496 e. The Bertz CT molecular complexity index is 1640. The van der Waals surface area contributed by atoms with Crippen LogP contribution in [0.4, 0.5) is 0 Å². The Kier molecular flexibility index (Phi) is 7.18. The number of fused-ring (bicyclic) bond motifs is 1. The monoisotopic (exact) mass is 517 g/mol. The Labute approximate surface area is 217 Å². The molecule has 0 saturated heterocycles. The molecule has 38 heavy (non-hydrogen) atoms. The lowest BCUT2D eigenvalue weighted by atomic mass is 10.1. The maximum absolute atomic E-state index is 13.8. The van der Waals surface area contributed by atoms with E-state index < -0.39 is 17.4 Å². The van der Waals surface area contributed by atoms with Crippen LogP contribution in [0.25, 0.3) is 22.6 Å². The highest BCUT2D eigenvalue weighted by atomic mass is 16.5. The maximum Gasteiger partial charge on any atom is 0.331 e. The molecule has 4 heterocycles. The number of hydrogen-bond donors (Lipinski definition) is 0. The van der Waals surface area contributed by atoms with Gasteiger partial charge in [-0.1, -0.05) is 18.2 Å². The molecule has 1 aromatic carbocycles. The van der Waals surface area contributed by atoms with E-state index in [2.05, 4.69) is 15.0 Å². The highest BCUT2D eigenvalue weighted by Gasteiger charge is 2.23. The number of oxazole rings is 2. The fourth-order valence-corrected chi connectivity index (χ4v) is 4.36. The quantitative estimate of drug-likeness (QED) is 0.273. The van der Waals surface area contributed by atoms with Crippen molar-refractivity contribution in [3.63, 3.8) is 0 Å². The van der Waals surface area contributed by atoms with Gasteiger partial charge in [0.15, 0.2) is 11.4 Å². The number of methoxy groups -OCH3 is 1. The van der Waals surface area contributed by atoms with Gasteiger partial charge < -0.3 is 18.3 Å². The van der Waals surface area contributed by atoms with Crippen LogP contribution in [0, 0.1) is 0 Å². The van der Waals surface area contributed by atoms with E-state index in [-0.39, 0.29) is 37.0 Å². The lowest BCUT2D eigenvalue weighted by Crippen LogP contribution is -2.42. The number of aromatic nitrogens is 5. The van der Waals surface area contributed by atoms with Crippen LogP contribution in [0.1, 0.15) is 31.4 Å². The van der Waals surface area contributed by atoms with Crippen molar-refractivity contribution in [1.82, 2.24) is 24.1 Å². The Morgan fingerprint density at radius 2 is 1.76 bits per heavy atom. The molecular formula is C27H27N5O6. The number of hydrogen-bond acceptors (Lipinski definition) is 9. The Morgan fingerprint density at radius 3 is 2.47 bits per heavy atom. The Balaban J connectivity index is 1.67. The smallest absolute Gasteiger partial charge is 0.331 e. The summed E-state index contributed by atoms with van der Waals surface area (Å²) >= 11 is 0. The molecule has 4 aromatic heterocycles. The third-order valence-electron chi connectivity index (χ3n) is 6.03. The normalized spacial score (nSPS) is 12.3. The van der Waals surface area contributed by atoms with Gasteiger partial charge in [0.1, 0.15) is 30.1 Å². The zero-order valence-corrected chi connectivity index (χ0v) is 21.2. The predicted octanol–water partition coefficient (Wildman–Crippen LogP) is 3.62. The van der Waals surface area contributed by atoms with Crippen LogP contribution in [-0.2, 0) is 24.2 Å². The van der Waals surface area contributed by atoms with Crippen LogP contribution in [-0.4, -0.2) is 37.3 Å². The number of nitrogens with zero attached hydrogens (tertiary/aromatic N) is 5. The van der Waals surface area contributed by atoms with Gasteiger partial charge in [-0.2, -0.15) is 0 Å². The number of aryl methyl sites for hydroxylation is 1. The summed E-state index contributed by atoms with van der Waals surface area (Å²) in [5, 5.41) is 0. The number of benzene rings is 1. The minimum Gasteiger partial charge on any atom is -0.496 e. The first kappa shape index (κ1) is 25.2. The van der Waals surface area contributed by atoms with E-state index in [1.807, 2.05) is 38.1 Å². The predicted molar refractivity (Wildman–Crippen MR) is 138 cm³/mol. The van der Waals surface area contributed by atoms with Gasteiger partial charge in [0, 0.05) is 18.5 Å². The molecule has 0 amide bonds. The second-order valence-corrected chi connectivity index (χ2v) is 8.84. The summed E-state index contributed by atoms with van der Waals surface area (Å²) in [5.74, 6) is 1.32. The molecule has 196 valence electrons. The summed E-state index contributed by atoms with van der Waals surface area (Å²) in [6.07, 6.45) is 5.46. The number of rotatable bonds is 10. The van der Waals surface area contributed by atoms with Gasteiger partial charge in [-0.3, -0.25) is 13.9 Å². The van der Waals surface area contributed by atoms with E-state index in [1.54, 1.807) is 19.2 Å². The van der Waals surface area contributed by atoms with E-state index >= 15 is 0 Å². The molecule has 1 atom stereocenters. The molecule has 0 fully saturated rings. The molecule has 11 nitrogen and oxygen atoms in total.